The Morgan fingerprint density at radius 2 is 1.94 bits per heavy atom. The Morgan fingerprint density at radius 3 is 2.50 bits per heavy atom. The van der Waals surface area contributed by atoms with E-state index in [1.807, 2.05) is 0 Å². The fourth-order valence-corrected chi connectivity index (χ4v) is 3.72. The number of carbonyl (C=O) groups is 1. The maximum atomic E-state index is 13.1. The van der Waals surface area contributed by atoms with Crippen LogP contribution in [0.5, 0.6) is 0 Å². The predicted octanol–water partition coefficient (Wildman–Crippen LogP) is 1.79. The van der Waals surface area contributed by atoms with Crippen LogP contribution in [0.15, 0.2) is 47.5 Å². The third-order valence-electron chi connectivity index (χ3n) is 4.67. The zero-order chi connectivity index (χ0) is 24.9. The Hall–Kier alpha value is -2.86. The van der Waals surface area contributed by atoms with Gasteiger partial charge in [0.25, 0.3) is 11.5 Å². The number of nitrogens with zero attached hydrogens (tertiary/aromatic N) is 4. The first-order valence-corrected chi connectivity index (χ1v) is 11.7. The summed E-state index contributed by atoms with van der Waals surface area (Å²) in [6.07, 6.45) is 3.00. The highest BCUT2D eigenvalue weighted by Crippen LogP contribution is 2.47. The van der Waals surface area contributed by atoms with Gasteiger partial charge in [-0.2, -0.15) is 14.9 Å². The minimum Gasteiger partial charge on any atom is -0.394 e. The number of nitrogens with one attached hydrogen (secondary N) is 1. The second kappa shape index (κ2) is 11.0. The van der Waals surface area contributed by atoms with Crippen LogP contribution in [0.1, 0.15) is 10.4 Å². The molecular formula is C20H23ClN5O7P. The van der Waals surface area contributed by atoms with Crippen LogP contribution in [0.3, 0.4) is 0 Å². The maximum Gasteiger partial charge on any atom is 0.474 e. The van der Waals surface area contributed by atoms with Crippen molar-refractivity contribution in [3.63, 3.8) is 0 Å². The molecule has 0 radical (unpaired) electrons. The number of rotatable bonds is 10. The predicted molar refractivity (Wildman–Crippen MR) is 123 cm³/mol. The van der Waals surface area contributed by atoms with Gasteiger partial charge in [-0.3, -0.25) is 27.8 Å². The number of benzene rings is 1. The van der Waals surface area contributed by atoms with Gasteiger partial charge < -0.3 is 10.4 Å². The first-order chi connectivity index (χ1) is 16.2. The number of aliphatic hydroxyl groups excluding tert-OH is 1. The van der Waals surface area contributed by atoms with E-state index >= 15 is 0 Å². The molecule has 12 nitrogen and oxygen atoms in total. The fraction of sp³-hybridized carbons (Fsp3) is 0.300. The lowest BCUT2D eigenvalue weighted by molar-refractivity contribution is 0.0845. The molecule has 2 heterocycles. The number of hydrogen-bond donors (Lipinski definition) is 2. The molecule has 0 aliphatic carbocycles. The summed E-state index contributed by atoms with van der Waals surface area (Å²) in [6.45, 7) is -0.960. The maximum absolute atomic E-state index is 13.1. The van der Waals surface area contributed by atoms with Gasteiger partial charge in [-0.1, -0.05) is 23.7 Å². The van der Waals surface area contributed by atoms with Crippen molar-refractivity contribution in [2.75, 3.05) is 27.4 Å². The molecule has 182 valence electrons. The number of phosphoric ester groups is 1. The number of aliphatic hydroxyl groups is 1. The van der Waals surface area contributed by atoms with Crippen LogP contribution < -0.4 is 10.9 Å². The van der Waals surface area contributed by atoms with Gasteiger partial charge >= 0.3 is 7.82 Å². The molecule has 0 aliphatic rings. The summed E-state index contributed by atoms with van der Waals surface area (Å²) in [5, 5.41) is 21.1. The molecule has 0 bridgehead atoms. The quantitative estimate of drug-likeness (QED) is 0.389. The molecule has 0 saturated heterocycles. The molecule has 3 aromatic rings. The van der Waals surface area contributed by atoms with Gasteiger partial charge in [0.2, 0.25) is 0 Å². The van der Waals surface area contributed by atoms with E-state index < -0.39 is 38.5 Å². The summed E-state index contributed by atoms with van der Waals surface area (Å²) in [5.41, 5.74) is 0.328. The minimum atomic E-state index is -3.83. The van der Waals surface area contributed by atoms with Crippen LogP contribution in [0.4, 0.5) is 0 Å². The van der Waals surface area contributed by atoms with Gasteiger partial charge in [0, 0.05) is 31.9 Å². The molecule has 1 aromatic carbocycles. The molecule has 0 saturated carbocycles. The molecule has 0 spiro atoms. The number of phosphoric acid groups is 1. The third-order valence-corrected chi connectivity index (χ3v) is 6.28. The van der Waals surface area contributed by atoms with Gasteiger partial charge in [-0.15, -0.1) is 0 Å². The van der Waals surface area contributed by atoms with E-state index in [0.717, 1.165) is 18.9 Å². The molecular weight excluding hydrogens is 489 g/mol. The number of halogens is 1. The Morgan fingerprint density at radius 1 is 1.26 bits per heavy atom. The zero-order valence-corrected chi connectivity index (χ0v) is 20.2. The van der Waals surface area contributed by atoms with E-state index in [4.69, 9.17) is 16.1 Å². The number of aryl methyl sites for hydroxylation is 1. The molecule has 1 amide bonds. The molecule has 0 aliphatic heterocycles. The molecule has 14 heteroatoms. The first kappa shape index (κ1) is 25.8. The number of amides is 1. The molecule has 2 N–H and O–H groups in total. The molecule has 3 rings (SSSR count). The molecule has 2 aromatic heterocycles. The smallest absolute Gasteiger partial charge is 0.394 e. The Balaban J connectivity index is 1.97. The zero-order valence-electron chi connectivity index (χ0n) is 18.5. The molecule has 1 atom stereocenters. The number of aromatic nitrogens is 4. The average Bonchev–Trinajstić information content (AvgIpc) is 3.28. The summed E-state index contributed by atoms with van der Waals surface area (Å²) in [5.74, 6) is -0.799. The molecule has 1 unspecified atom stereocenters. The van der Waals surface area contributed by atoms with Crippen LogP contribution in [-0.4, -0.2) is 64.0 Å². The third kappa shape index (κ3) is 5.98. The van der Waals surface area contributed by atoms with E-state index in [0.29, 0.717) is 22.0 Å². The van der Waals surface area contributed by atoms with Crippen molar-refractivity contribution in [3.8, 4) is 16.9 Å². The van der Waals surface area contributed by atoms with E-state index in [1.54, 1.807) is 37.5 Å². The van der Waals surface area contributed by atoms with Crippen molar-refractivity contribution >= 4 is 25.3 Å². The minimum absolute atomic E-state index is 0.246. The highest BCUT2D eigenvalue weighted by molar-refractivity contribution is 7.48. The summed E-state index contributed by atoms with van der Waals surface area (Å²) >= 11 is 5.97. The van der Waals surface area contributed by atoms with E-state index in [1.165, 1.54) is 16.9 Å². The summed E-state index contributed by atoms with van der Waals surface area (Å²) in [6, 6.07) is 7.02. The lowest BCUT2D eigenvalue weighted by Crippen LogP contribution is -2.43. The summed E-state index contributed by atoms with van der Waals surface area (Å²) in [4.78, 5) is 26.2. The van der Waals surface area contributed by atoms with Crippen molar-refractivity contribution in [3.05, 3.63) is 63.7 Å². The standard InChI is InChI=1S/C20H23ClN5O7P/c1-25-10-16(9-22-25)26-20(29)17(8-18(24-26)13-4-6-14(21)7-5-13)19(28)23-15(11-27)12-33-34(30,31-2)32-3/h4-10,15,27H,11-12H2,1-3H3,(H,23,28). The van der Waals surface area contributed by atoms with E-state index in [2.05, 4.69) is 24.6 Å². The Kier molecular flexibility index (Phi) is 8.37. The Bertz CT molecular complexity index is 1250. The SMILES string of the molecule is COP(=O)(OC)OCC(CO)NC(=O)c1cc(-c2ccc(Cl)cc2)nn(-c2cnn(C)c2)c1=O. The van der Waals surface area contributed by atoms with Gasteiger partial charge in [0.15, 0.2) is 0 Å². The first-order valence-electron chi connectivity index (χ1n) is 9.86. The van der Waals surface area contributed by atoms with Crippen molar-refractivity contribution in [1.29, 1.82) is 0 Å². The van der Waals surface area contributed by atoms with Crippen molar-refractivity contribution in [1.82, 2.24) is 24.9 Å². The average molecular weight is 512 g/mol. The van der Waals surface area contributed by atoms with Gasteiger partial charge in [-0.25, -0.2) is 4.57 Å². The highest BCUT2D eigenvalue weighted by atomic mass is 35.5. The van der Waals surface area contributed by atoms with Crippen LogP contribution >= 0.6 is 19.4 Å². The molecule has 0 fully saturated rings. The normalized spacial score (nSPS) is 12.5. The van der Waals surface area contributed by atoms with Crippen molar-refractivity contribution in [2.24, 2.45) is 7.05 Å². The number of hydrogen-bond acceptors (Lipinski definition) is 9. The molecule has 34 heavy (non-hydrogen) atoms. The van der Waals surface area contributed by atoms with Crippen molar-refractivity contribution in [2.45, 2.75) is 6.04 Å². The second-order valence-corrected chi connectivity index (χ2v) is 9.32. The Labute approximate surface area is 199 Å². The second-order valence-electron chi connectivity index (χ2n) is 7.00. The van der Waals surface area contributed by atoms with Crippen LogP contribution in [0, 0.1) is 0 Å². The highest BCUT2D eigenvalue weighted by Gasteiger charge is 2.26. The lowest BCUT2D eigenvalue weighted by Gasteiger charge is -2.19. The van der Waals surface area contributed by atoms with Gasteiger partial charge in [0.1, 0.15) is 11.3 Å². The van der Waals surface area contributed by atoms with E-state index in [9.17, 15) is 19.3 Å². The topological polar surface area (TPSA) is 147 Å². The largest absolute Gasteiger partial charge is 0.474 e. The summed E-state index contributed by atoms with van der Waals surface area (Å²) in [7, 11) is 0.111. The van der Waals surface area contributed by atoms with Crippen LogP contribution in [0.2, 0.25) is 5.02 Å². The lowest BCUT2D eigenvalue weighted by atomic mass is 10.1. The van der Waals surface area contributed by atoms with E-state index in [-0.39, 0.29) is 5.56 Å². The van der Waals surface area contributed by atoms with Crippen LogP contribution in [-0.2, 0) is 25.2 Å². The van der Waals surface area contributed by atoms with Gasteiger partial charge in [0.05, 0.1) is 37.3 Å². The summed E-state index contributed by atoms with van der Waals surface area (Å²) < 4.78 is 29.0. The number of carbonyl (C=O) groups excluding carboxylic acids is 1. The van der Waals surface area contributed by atoms with Gasteiger partial charge in [-0.05, 0) is 18.2 Å². The van der Waals surface area contributed by atoms with Crippen molar-refractivity contribution < 1.29 is 28.0 Å². The van der Waals surface area contributed by atoms with Crippen LogP contribution in [0.25, 0.3) is 16.9 Å². The fourth-order valence-electron chi connectivity index (χ4n) is 2.88. The monoisotopic (exact) mass is 511 g/mol.